The highest BCUT2D eigenvalue weighted by Gasteiger charge is 2.43. The molecule has 90 valence electrons. The summed E-state index contributed by atoms with van der Waals surface area (Å²) in [5.74, 6) is 0.764. The average molecular weight is 233 g/mol. The monoisotopic (exact) mass is 232 g/mol. The second kappa shape index (κ2) is 4.86. The van der Waals surface area contributed by atoms with E-state index in [1.165, 1.54) is 0 Å². The van der Waals surface area contributed by atoms with Gasteiger partial charge in [-0.2, -0.15) is 0 Å². The van der Waals surface area contributed by atoms with E-state index in [2.05, 4.69) is 41.5 Å². The van der Waals surface area contributed by atoms with Crippen LogP contribution in [0.15, 0.2) is 0 Å². The van der Waals surface area contributed by atoms with Gasteiger partial charge in [-0.1, -0.05) is 48.5 Å². The summed E-state index contributed by atoms with van der Waals surface area (Å²) in [5.41, 5.74) is -0.303. The lowest BCUT2D eigenvalue weighted by molar-refractivity contribution is -0.125. The lowest BCUT2D eigenvalue weighted by Gasteiger charge is -2.41. The molecule has 1 nitrogen and oxygen atoms in total. The van der Waals surface area contributed by atoms with Gasteiger partial charge in [0.15, 0.2) is 0 Å². The van der Waals surface area contributed by atoms with Crippen LogP contribution in [0.1, 0.15) is 54.9 Å². The summed E-state index contributed by atoms with van der Waals surface area (Å²) in [6.07, 6.45) is 0.855. The molecule has 0 heterocycles. The molecule has 0 aromatic rings. The normalized spacial score (nSPS) is 18.7. The van der Waals surface area contributed by atoms with Crippen molar-refractivity contribution < 1.29 is 4.79 Å². The maximum atomic E-state index is 11.7. The van der Waals surface area contributed by atoms with E-state index in [4.69, 9.17) is 11.6 Å². The van der Waals surface area contributed by atoms with Gasteiger partial charge in [0.25, 0.3) is 0 Å². The number of hydrogen-bond donors (Lipinski definition) is 0. The summed E-state index contributed by atoms with van der Waals surface area (Å²) in [6.45, 7) is 14.9. The predicted octanol–water partition coefficient (Wildman–Crippen LogP) is 4.49. The first-order valence-electron chi connectivity index (χ1n) is 5.71. The summed E-state index contributed by atoms with van der Waals surface area (Å²) < 4.78 is 0. The van der Waals surface area contributed by atoms with Crippen molar-refractivity contribution in [3.05, 3.63) is 0 Å². The van der Waals surface area contributed by atoms with Gasteiger partial charge in [-0.05, 0) is 35.3 Å². The van der Waals surface area contributed by atoms with Crippen molar-refractivity contribution in [2.24, 2.45) is 22.7 Å². The van der Waals surface area contributed by atoms with Gasteiger partial charge >= 0.3 is 0 Å². The van der Waals surface area contributed by atoms with Crippen LogP contribution in [0.3, 0.4) is 0 Å². The van der Waals surface area contributed by atoms with Crippen LogP contribution in [0.25, 0.3) is 0 Å². The van der Waals surface area contributed by atoms with Crippen LogP contribution in [-0.2, 0) is 4.79 Å². The summed E-state index contributed by atoms with van der Waals surface area (Å²) >= 11 is 5.79. The summed E-state index contributed by atoms with van der Waals surface area (Å²) in [4.78, 5) is 11.7. The molecule has 0 saturated heterocycles. The van der Waals surface area contributed by atoms with E-state index in [1.54, 1.807) is 0 Å². The molecular weight excluding hydrogens is 208 g/mol. The highest BCUT2D eigenvalue weighted by molar-refractivity contribution is 6.64. The molecule has 2 heteroatoms. The maximum Gasteiger partial charge on any atom is 0.227 e. The van der Waals surface area contributed by atoms with Gasteiger partial charge in [0.1, 0.15) is 0 Å². The van der Waals surface area contributed by atoms with Crippen molar-refractivity contribution in [2.45, 2.75) is 54.9 Å². The van der Waals surface area contributed by atoms with E-state index in [9.17, 15) is 4.79 Å². The fourth-order valence-corrected chi connectivity index (χ4v) is 2.47. The van der Waals surface area contributed by atoms with Crippen molar-refractivity contribution in [2.75, 3.05) is 0 Å². The van der Waals surface area contributed by atoms with E-state index in [0.29, 0.717) is 5.92 Å². The van der Waals surface area contributed by atoms with Gasteiger partial charge in [0.05, 0.1) is 0 Å². The molecule has 0 aromatic carbocycles. The molecule has 0 fully saturated rings. The predicted molar refractivity (Wildman–Crippen MR) is 67.0 cm³/mol. The fourth-order valence-electron chi connectivity index (χ4n) is 2.23. The summed E-state index contributed by atoms with van der Waals surface area (Å²) in [7, 11) is 0. The van der Waals surface area contributed by atoms with Crippen LogP contribution >= 0.6 is 11.6 Å². The Balaban J connectivity index is 5.03. The van der Waals surface area contributed by atoms with Gasteiger partial charge in [-0.25, -0.2) is 0 Å². The molecule has 0 spiro atoms. The zero-order valence-corrected chi connectivity index (χ0v) is 11.9. The van der Waals surface area contributed by atoms with Crippen LogP contribution < -0.4 is 0 Å². The number of carbonyl (C=O) groups excluding carboxylic acids is 1. The van der Waals surface area contributed by atoms with Crippen molar-refractivity contribution in [3.8, 4) is 0 Å². The van der Waals surface area contributed by atoms with Crippen LogP contribution in [0.4, 0.5) is 0 Å². The first-order chi connectivity index (χ1) is 6.51. The quantitative estimate of drug-likeness (QED) is 0.653. The molecule has 0 amide bonds. The van der Waals surface area contributed by atoms with Crippen LogP contribution in [0.2, 0.25) is 0 Å². The number of halogens is 1. The molecular formula is C13H25ClO. The van der Waals surface area contributed by atoms with Crippen molar-refractivity contribution >= 4 is 16.8 Å². The molecule has 0 bridgehead atoms. The summed E-state index contributed by atoms with van der Waals surface area (Å²) in [5, 5.41) is -0.196. The Morgan fingerprint density at radius 2 is 1.53 bits per heavy atom. The molecule has 0 aromatic heterocycles. The Kier molecular flexibility index (Phi) is 4.85. The largest absolute Gasteiger partial charge is 0.281 e. The minimum Gasteiger partial charge on any atom is -0.281 e. The SMILES string of the molecule is CC(C)CC(C)(C(=O)Cl)C(C)C(C)(C)C. The Bertz CT molecular complexity index is 227. The fraction of sp³-hybridized carbons (Fsp3) is 0.923. The molecule has 2 unspecified atom stereocenters. The van der Waals surface area contributed by atoms with E-state index in [0.717, 1.165) is 6.42 Å². The number of rotatable bonds is 4. The molecule has 0 N–H and O–H groups in total. The molecule has 0 rings (SSSR count). The molecule has 0 aliphatic carbocycles. The van der Waals surface area contributed by atoms with Crippen molar-refractivity contribution in [1.29, 1.82) is 0 Å². The van der Waals surface area contributed by atoms with Gasteiger partial charge in [-0.3, -0.25) is 4.79 Å². The van der Waals surface area contributed by atoms with Gasteiger partial charge in [0, 0.05) is 5.41 Å². The lowest BCUT2D eigenvalue weighted by atomic mass is 9.63. The highest BCUT2D eigenvalue weighted by Crippen LogP contribution is 2.45. The maximum absolute atomic E-state index is 11.7. The molecule has 2 atom stereocenters. The smallest absolute Gasteiger partial charge is 0.227 e. The third-order valence-electron chi connectivity index (χ3n) is 3.54. The zero-order valence-electron chi connectivity index (χ0n) is 11.1. The first kappa shape index (κ1) is 15.0. The standard InChI is InChI=1S/C13H25ClO/c1-9(2)8-13(7,11(14)15)10(3)12(4,5)6/h9-10H,8H2,1-7H3. The van der Waals surface area contributed by atoms with Crippen molar-refractivity contribution in [1.82, 2.24) is 0 Å². The Hall–Kier alpha value is -0.0400. The minimum atomic E-state index is -0.409. The van der Waals surface area contributed by atoms with Crippen LogP contribution in [0.5, 0.6) is 0 Å². The second-order valence-electron chi connectivity index (χ2n) is 6.38. The third-order valence-corrected chi connectivity index (χ3v) is 3.97. The number of carbonyl (C=O) groups is 1. The zero-order chi connectivity index (χ0) is 12.4. The van der Waals surface area contributed by atoms with E-state index in [-0.39, 0.29) is 16.6 Å². The number of hydrogen-bond acceptors (Lipinski definition) is 1. The van der Waals surface area contributed by atoms with Gasteiger partial charge in [-0.15, -0.1) is 0 Å². The van der Waals surface area contributed by atoms with Gasteiger partial charge in [0.2, 0.25) is 5.24 Å². The molecule has 0 radical (unpaired) electrons. The van der Waals surface area contributed by atoms with E-state index >= 15 is 0 Å². The molecule has 15 heavy (non-hydrogen) atoms. The lowest BCUT2D eigenvalue weighted by Crippen LogP contribution is -2.40. The van der Waals surface area contributed by atoms with Crippen molar-refractivity contribution in [3.63, 3.8) is 0 Å². The Morgan fingerprint density at radius 3 is 1.73 bits per heavy atom. The average Bonchev–Trinajstić information content (AvgIpc) is 1.99. The van der Waals surface area contributed by atoms with E-state index in [1.807, 2.05) is 6.92 Å². The second-order valence-corrected chi connectivity index (χ2v) is 6.72. The topological polar surface area (TPSA) is 17.1 Å². The highest BCUT2D eigenvalue weighted by atomic mass is 35.5. The van der Waals surface area contributed by atoms with Gasteiger partial charge < -0.3 is 0 Å². The minimum absolute atomic E-state index is 0.105. The van der Waals surface area contributed by atoms with Crippen LogP contribution in [0, 0.1) is 22.7 Å². The Morgan fingerprint density at radius 1 is 1.13 bits per heavy atom. The summed E-state index contributed by atoms with van der Waals surface area (Å²) in [6, 6.07) is 0. The molecule has 0 aliphatic heterocycles. The molecule has 0 aliphatic rings. The van der Waals surface area contributed by atoms with Crippen LogP contribution in [-0.4, -0.2) is 5.24 Å². The van der Waals surface area contributed by atoms with E-state index < -0.39 is 5.41 Å². The molecule has 0 saturated carbocycles. The third kappa shape index (κ3) is 3.79. The Labute approximate surface area is 99.6 Å². The first-order valence-corrected chi connectivity index (χ1v) is 6.09.